The molecule has 2 aromatic carbocycles. The molecule has 148 valence electrons. The Kier molecular flexibility index (Phi) is 5.95. The third-order valence-corrected chi connectivity index (χ3v) is 8.04. The maximum atomic E-state index is 5.73. The van der Waals surface area contributed by atoms with Crippen LogP contribution in [0.15, 0.2) is 36.4 Å². The second-order valence-electron chi connectivity index (χ2n) is 7.27. The van der Waals surface area contributed by atoms with Crippen molar-refractivity contribution in [1.29, 1.82) is 0 Å². The van der Waals surface area contributed by atoms with E-state index >= 15 is 0 Å². The number of nitrogens with two attached hydrogens (primary N) is 1. The first-order valence-electron chi connectivity index (χ1n) is 9.82. The fourth-order valence-corrected chi connectivity index (χ4v) is 6.66. The van der Waals surface area contributed by atoms with Gasteiger partial charge in [-0.2, -0.15) is 0 Å². The first-order chi connectivity index (χ1) is 13.3. The SMILES string of the molecule is Cl.NCCNc1ccc2c3c(nn2CCN2CCCC2)-c2ccccc2[Se]c13. The van der Waals surface area contributed by atoms with E-state index in [4.69, 9.17) is 10.8 Å². The van der Waals surface area contributed by atoms with Crippen molar-refractivity contribution in [2.24, 2.45) is 5.73 Å². The van der Waals surface area contributed by atoms with Crippen molar-refractivity contribution in [1.82, 2.24) is 14.7 Å². The van der Waals surface area contributed by atoms with Crippen LogP contribution in [0.25, 0.3) is 22.2 Å². The van der Waals surface area contributed by atoms with Gasteiger partial charge in [-0.25, -0.2) is 0 Å². The summed E-state index contributed by atoms with van der Waals surface area (Å²) < 4.78 is 5.08. The van der Waals surface area contributed by atoms with E-state index in [-0.39, 0.29) is 27.4 Å². The van der Waals surface area contributed by atoms with Crippen LogP contribution in [0.5, 0.6) is 0 Å². The second-order valence-corrected chi connectivity index (χ2v) is 9.48. The zero-order valence-corrected chi connectivity index (χ0v) is 18.4. The van der Waals surface area contributed by atoms with Gasteiger partial charge in [-0.1, -0.05) is 0 Å². The van der Waals surface area contributed by atoms with Gasteiger partial charge in [-0.05, 0) is 0 Å². The van der Waals surface area contributed by atoms with Crippen LogP contribution in [-0.4, -0.2) is 62.4 Å². The van der Waals surface area contributed by atoms with Crippen LogP contribution in [0.1, 0.15) is 12.8 Å². The first-order valence-corrected chi connectivity index (χ1v) is 11.5. The average Bonchev–Trinajstić information content (AvgIpc) is 3.34. The number of hydrogen-bond acceptors (Lipinski definition) is 4. The number of likely N-dealkylation sites (tertiary alicyclic amines) is 1. The molecule has 5 rings (SSSR count). The molecule has 0 aliphatic carbocycles. The molecule has 0 radical (unpaired) electrons. The molecule has 7 heteroatoms. The Morgan fingerprint density at radius 3 is 2.71 bits per heavy atom. The van der Waals surface area contributed by atoms with Crippen molar-refractivity contribution in [2.45, 2.75) is 19.4 Å². The molecule has 3 heterocycles. The van der Waals surface area contributed by atoms with Gasteiger partial charge in [0.05, 0.1) is 0 Å². The van der Waals surface area contributed by atoms with Crippen LogP contribution < -0.4 is 20.0 Å². The van der Waals surface area contributed by atoms with Gasteiger partial charge in [0.15, 0.2) is 0 Å². The first kappa shape index (κ1) is 19.7. The van der Waals surface area contributed by atoms with Crippen LogP contribution >= 0.6 is 12.4 Å². The van der Waals surface area contributed by atoms with Crippen LogP contribution in [0, 0.1) is 0 Å². The molecule has 0 saturated carbocycles. The van der Waals surface area contributed by atoms with Crippen molar-refractivity contribution >= 4 is 52.9 Å². The van der Waals surface area contributed by atoms with Gasteiger partial charge < -0.3 is 0 Å². The van der Waals surface area contributed by atoms with E-state index in [2.05, 4.69) is 51.3 Å². The molecule has 0 spiro atoms. The Labute approximate surface area is 178 Å². The molecule has 2 aliphatic heterocycles. The van der Waals surface area contributed by atoms with E-state index in [0.717, 1.165) is 25.3 Å². The number of anilines is 1. The Hall–Kier alpha value is -1.56. The number of benzene rings is 2. The molecule has 1 fully saturated rings. The summed E-state index contributed by atoms with van der Waals surface area (Å²) in [6.07, 6.45) is 2.67. The number of nitrogens with zero attached hydrogens (tertiary/aromatic N) is 3. The average molecular weight is 463 g/mol. The summed E-state index contributed by atoms with van der Waals surface area (Å²) in [4.78, 5) is 2.56. The predicted octanol–water partition coefficient (Wildman–Crippen LogP) is 1.56. The monoisotopic (exact) mass is 463 g/mol. The zero-order valence-electron chi connectivity index (χ0n) is 15.9. The van der Waals surface area contributed by atoms with Gasteiger partial charge in [0.2, 0.25) is 0 Å². The molecule has 1 aromatic heterocycles. The van der Waals surface area contributed by atoms with Gasteiger partial charge in [0, 0.05) is 0 Å². The van der Waals surface area contributed by atoms with Gasteiger partial charge in [0.1, 0.15) is 0 Å². The molecular weight excluding hydrogens is 437 g/mol. The van der Waals surface area contributed by atoms with E-state index in [1.807, 2.05) is 0 Å². The van der Waals surface area contributed by atoms with Crippen molar-refractivity contribution < 1.29 is 0 Å². The number of halogens is 1. The molecule has 3 N–H and O–H groups in total. The molecule has 1 saturated heterocycles. The number of fused-ring (bicyclic) bond motifs is 2. The third-order valence-electron chi connectivity index (χ3n) is 5.51. The number of hydrogen-bond donors (Lipinski definition) is 2. The van der Waals surface area contributed by atoms with E-state index < -0.39 is 0 Å². The van der Waals surface area contributed by atoms with Crippen LogP contribution in [0.3, 0.4) is 0 Å². The van der Waals surface area contributed by atoms with Crippen LogP contribution in [0.2, 0.25) is 0 Å². The summed E-state index contributed by atoms with van der Waals surface area (Å²) >= 11 is 0.281. The minimum atomic E-state index is 0. The summed E-state index contributed by atoms with van der Waals surface area (Å²) in [5, 5.41) is 9.96. The minimum absolute atomic E-state index is 0. The molecule has 0 unspecified atom stereocenters. The summed E-state index contributed by atoms with van der Waals surface area (Å²) in [6, 6.07) is 13.2. The Morgan fingerprint density at radius 1 is 1.07 bits per heavy atom. The topological polar surface area (TPSA) is 59.1 Å². The number of nitrogens with one attached hydrogen (secondary N) is 1. The third kappa shape index (κ3) is 3.44. The summed E-state index contributed by atoms with van der Waals surface area (Å²) in [5.41, 5.74) is 10.7. The molecule has 0 bridgehead atoms. The Balaban J connectivity index is 0.00000192. The van der Waals surface area contributed by atoms with Gasteiger partial charge in [-0.3, -0.25) is 0 Å². The zero-order chi connectivity index (χ0) is 18.2. The fourth-order valence-electron chi connectivity index (χ4n) is 4.16. The molecular formula is C21H26ClN5Se. The van der Waals surface area contributed by atoms with Crippen molar-refractivity contribution in [2.75, 3.05) is 38.0 Å². The van der Waals surface area contributed by atoms with E-state index in [0.29, 0.717) is 6.54 Å². The predicted molar refractivity (Wildman–Crippen MR) is 121 cm³/mol. The summed E-state index contributed by atoms with van der Waals surface area (Å²) in [6.45, 7) is 5.96. The Morgan fingerprint density at radius 2 is 1.89 bits per heavy atom. The Bertz CT molecular complexity index is 980. The molecule has 28 heavy (non-hydrogen) atoms. The van der Waals surface area contributed by atoms with E-state index in [1.54, 1.807) is 0 Å². The van der Waals surface area contributed by atoms with Crippen LogP contribution in [0.4, 0.5) is 5.69 Å². The normalized spacial score (nSPS) is 15.5. The standard InChI is InChI=1S/C21H25N5Se.ClH/c22-9-10-23-16-7-8-17-19-20(15-5-1-2-6-18(15)27-21(16)19)24-26(17)14-13-25-11-3-4-12-25;/h1-2,5-8,23H,3-4,9-14,22H2;1H. The molecule has 3 aromatic rings. The maximum absolute atomic E-state index is 5.73. The van der Waals surface area contributed by atoms with Gasteiger partial charge in [0.25, 0.3) is 0 Å². The second kappa shape index (κ2) is 8.44. The molecule has 0 amide bonds. The summed E-state index contributed by atoms with van der Waals surface area (Å²) in [7, 11) is 0. The molecule has 2 aliphatic rings. The number of aromatic nitrogens is 2. The van der Waals surface area contributed by atoms with Crippen molar-refractivity contribution in [3.8, 4) is 11.3 Å². The van der Waals surface area contributed by atoms with Crippen LogP contribution in [-0.2, 0) is 6.54 Å². The molecule has 5 nitrogen and oxygen atoms in total. The van der Waals surface area contributed by atoms with Gasteiger partial charge >= 0.3 is 166 Å². The number of rotatable bonds is 6. The summed E-state index contributed by atoms with van der Waals surface area (Å²) in [5.74, 6) is 0. The molecule has 0 atom stereocenters. The quantitative estimate of drug-likeness (QED) is 0.427. The van der Waals surface area contributed by atoms with E-state index in [9.17, 15) is 0 Å². The van der Waals surface area contributed by atoms with Crippen molar-refractivity contribution in [3.63, 3.8) is 0 Å². The van der Waals surface area contributed by atoms with E-state index in [1.165, 1.54) is 57.0 Å². The van der Waals surface area contributed by atoms with Crippen molar-refractivity contribution in [3.05, 3.63) is 36.4 Å². The fraction of sp³-hybridized carbons (Fsp3) is 0.381. The van der Waals surface area contributed by atoms with Gasteiger partial charge in [-0.15, -0.1) is 12.4 Å².